The van der Waals surface area contributed by atoms with E-state index in [9.17, 15) is 4.39 Å². The third-order valence-electron chi connectivity index (χ3n) is 6.91. The Morgan fingerprint density at radius 1 is 0.946 bits per heavy atom. The fourth-order valence-electron chi connectivity index (χ4n) is 5.12. The van der Waals surface area contributed by atoms with Crippen molar-refractivity contribution >= 4 is 22.4 Å². The van der Waals surface area contributed by atoms with Crippen molar-refractivity contribution < 1.29 is 9.13 Å². The maximum absolute atomic E-state index is 13.8. The Balaban J connectivity index is 1.62. The summed E-state index contributed by atoms with van der Waals surface area (Å²) in [5.41, 5.74) is 5.97. The zero-order valence-corrected chi connectivity index (χ0v) is 20.7. The molecule has 1 aromatic heterocycles. The lowest BCUT2D eigenvalue weighted by Gasteiger charge is -2.22. The number of benzene rings is 3. The third kappa shape index (κ3) is 4.65. The summed E-state index contributed by atoms with van der Waals surface area (Å²) >= 11 is 0. The molecular formula is C30H28FN5O. The maximum atomic E-state index is 13.8. The molecule has 2 aliphatic carbocycles. The molecule has 1 aliphatic heterocycles. The Labute approximate surface area is 214 Å². The summed E-state index contributed by atoms with van der Waals surface area (Å²) in [5, 5.41) is 4.37. The molecule has 6 rings (SSSR count). The summed E-state index contributed by atoms with van der Waals surface area (Å²) in [7, 11) is 1.61. The molecule has 1 saturated carbocycles. The molecule has 0 unspecified atom stereocenters. The van der Waals surface area contributed by atoms with Crippen LogP contribution in [0.1, 0.15) is 32.1 Å². The Bertz CT molecular complexity index is 1590. The molecule has 6 nitrogen and oxygen atoms in total. The van der Waals surface area contributed by atoms with E-state index < -0.39 is 0 Å². The van der Waals surface area contributed by atoms with E-state index >= 15 is 0 Å². The Hall–Kier alpha value is -4.26. The lowest BCUT2D eigenvalue weighted by Crippen LogP contribution is -2.19. The molecule has 2 aromatic carbocycles. The van der Waals surface area contributed by atoms with Gasteiger partial charge in [0.05, 0.1) is 46.6 Å². The molecule has 37 heavy (non-hydrogen) atoms. The number of para-hydroxylation sites is 2. The van der Waals surface area contributed by atoms with Crippen LogP contribution >= 0.6 is 0 Å². The average molecular weight is 494 g/mol. The second-order valence-corrected chi connectivity index (χ2v) is 9.38. The number of hydrogen-bond donors (Lipinski definition) is 1. The number of methoxy groups -OCH3 is 1. The van der Waals surface area contributed by atoms with E-state index in [0.717, 1.165) is 57.7 Å². The number of rotatable bonds is 5. The normalized spacial score (nSPS) is 14.8. The van der Waals surface area contributed by atoms with E-state index in [1.54, 1.807) is 25.4 Å². The number of nitrogens with zero attached hydrogens (tertiary/aromatic N) is 4. The molecule has 7 heteroatoms. The number of aromatic nitrogens is 3. The van der Waals surface area contributed by atoms with Crippen LogP contribution in [0.25, 0.3) is 28.1 Å². The van der Waals surface area contributed by atoms with Gasteiger partial charge in [-0.1, -0.05) is 31.4 Å². The first kappa shape index (κ1) is 23.2. The monoisotopic (exact) mass is 493 g/mol. The van der Waals surface area contributed by atoms with Crippen LogP contribution in [-0.2, 0) is 0 Å². The van der Waals surface area contributed by atoms with Crippen molar-refractivity contribution in [3.05, 3.63) is 90.2 Å². The van der Waals surface area contributed by atoms with E-state index in [-0.39, 0.29) is 11.9 Å². The second kappa shape index (κ2) is 10.0. The van der Waals surface area contributed by atoms with E-state index in [0.29, 0.717) is 5.88 Å². The standard InChI is InChI=1S/C30H28FN5O/c1-37-30-24(11-7-17-32-30)35-25-18-27-29(19-26(25)33-21-8-3-2-4-9-21)36(22-15-13-20(31)14-16-22)28-12-6-5-10-23(28)34-27/h5-7,10-19,21,35H,2-4,8-9H2,1H3. The highest BCUT2D eigenvalue weighted by Gasteiger charge is 2.19. The molecule has 186 valence electrons. The van der Waals surface area contributed by atoms with Gasteiger partial charge in [0.15, 0.2) is 0 Å². The van der Waals surface area contributed by atoms with Crippen LogP contribution in [0.5, 0.6) is 5.88 Å². The van der Waals surface area contributed by atoms with Crippen molar-refractivity contribution in [2.75, 3.05) is 12.4 Å². The average Bonchev–Trinajstić information content (AvgIpc) is 2.94. The second-order valence-electron chi connectivity index (χ2n) is 9.38. The Morgan fingerprint density at radius 3 is 2.57 bits per heavy atom. The summed E-state index contributed by atoms with van der Waals surface area (Å²) in [5.74, 6) is 0.246. The van der Waals surface area contributed by atoms with Gasteiger partial charge in [-0.3, -0.25) is 4.99 Å². The van der Waals surface area contributed by atoms with Crippen LogP contribution in [-0.4, -0.2) is 27.7 Å². The van der Waals surface area contributed by atoms with E-state index in [4.69, 9.17) is 14.7 Å². The highest BCUT2D eigenvalue weighted by molar-refractivity contribution is 5.84. The van der Waals surface area contributed by atoms with Crippen LogP contribution in [0, 0.1) is 5.82 Å². The largest absolute Gasteiger partial charge is 0.480 e. The number of anilines is 2. The van der Waals surface area contributed by atoms with Crippen molar-refractivity contribution in [1.82, 2.24) is 14.5 Å². The van der Waals surface area contributed by atoms with Gasteiger partial charge in [0.1, 0.15) is 11.5 Å². The number of pyridine rings is 1. The van der Waals surface area contributed by atoms with Crippen molar-refractivity contribution in [3.63, 3.8) is 0 Å². The molecular weight excluding hydrogens is 465 g/mol. The molecule has 0 radical (unpaired) electrons. The lowest BCUT2D eigenvalue weighted by atomic mass is 9.96. The zero-order valence-electron chi connectivity index (χ0n) is 20.7. The Kier molecular flexibility index (Phi) is 6.26. The molecule has 2 heterocycles. The minimum atomic E-state index is -0.267. The van der Waals surface area contributed by atoms with Gasteiger partial charge in [-0.2, -0.15) is 0 Å². The van der Waals surface area contributed by atoms with Gasteiger partial charge in [-0.25, -0.2) is 14.4 Å². The molecule has 1 N–H and O–H groups in total. The summed E-state index contributed by atoms with van der Waals surface area (Å²) in [6, 6.07) is 22.8. The van der Waals surface area contributed by atoms with Crippen LogP contribution in [0.15, 0.2) is 84.0 Å². The van der Waals surface area contributed by atoms with Crippen molar-refractivity contribution in [1.29, 1.82) is 0 Å². The van der Waals surface area contributed by atoms with E-state index in [1.807, 2.05) is 42.5 Å². The number of fused-ring (bicyclic) bond motifs is 2. The first-order valence-electron chi connectivity index (χ1n) is 12.7. The number of ether oxygens (including phenoxy) is 1. The van der Waals surface area contributed by atoms with Gasteiger partial charge < -0.3 is 14.6 Å². The molecule has 3 aliphatic rings. The predicted octanol–water partition coefficient (Wildman–Crippen LogP) is 6.65. The smallest absolute Gasteiger partial charge is 0.237 e. The maximum Gasteiger partial charge on any atom is 0.237 e. The van der Waals surface area contributed by atoms with Gasteiger partial charge in [0.2, 0.25) is 5.88 Å². The van der Waals surface area contributed by atoms with Crippen LogP contribution in [0.4, 0.5) is 15.8 Å². The third-order valence-corrected chi connectivity index (χ3v) is 6.91. The van der Waals surface area contributed by atoms with Crippen molar-refractivity contribution in [2.24, 2.45) is 4.99 Å². The summed E-state index contributed by atoms with van der Waals surface area (Å²) < 4.78 is 21.4. The van der Waals surface area contributed by atoms with Gasteiger partial charge in [0.25, 0.3) is 0 Å². The highest BCUT2D eigenvalue weighted by Crippen LogP contribution is 2.32. The van der Waals surface area contributed by atoms with E-state index in [1.165, 1.54) is 31.4 Å². The molecule has 3 aromatic rings. The van der Waals surface area contributed by atoms with Crippen molar-refractivity contribution in [2.45, 2.75) is 38.1 Å². The van der Waals surface area contributed by atoms with E-state index in [2.05, 4.69) is 20.9 Å². The quantitative estimate of drug-likeness (QED) is 0.279. The van der Waals surface area contributed by atoms with Gasteiger partial charge in [-0.05, 0) is 73.5 Å². The molecule has 1 fully saturated rings. The first-order valence-corrected chi connectivity index (χ1v) is 12.7. The van der Waals surface area contributed by atoms with Crippen molar-refractivity contribution in [3.8, 4) is 23.0 Å². The van der Waals surface area contributed by atoms with Gasteiger partial charge in [0, 0.05) is 11.9 Å². The SMILES string of the molecule is COc1ncccc1Nc1cc2nc3ccccc3n(-c3ccc(F)cc3)c-2cc1=NC1CCCCC1. The van der Waals surface area contributed by atoms with Crippen LogP contribution < -0.4 is 15.4 Å². The molecule has 0 amide bonds. The van der Waals surface area contributed by atoms with Crippen LogP contribution in [0.2, 0.25) is 0 Å². The molecule has 0 bridgehead atoms. The summed E-state index contributed by atoms with van der Waals surface area (Å²) in [6.07, 6.45) is 7.54. The number of hydrogen-bond acceptors (Lipinski definition) is 5. The fraction of sp³-hybridized carbons (Fsp3) is 0.233. The predicted molar refractivity (Wildman–Crippen MR) is 144 cm³/mol. The summed E-state index contributed by atoms with van der Waals surface area (Å²) in [6.45, 7) is 0. The Morgan fingerprint density at radius 2 is 1.76 bits per heavy atom. The fourth-order valence-corrected chi connectivity index (χ4v) is 5.12. The minimum Gasteiger partial charge on any atom is -0.480 e. The van der Waals surface area contributed by atoms with Crippen LogP contribution in [0.3, 0.4) is 0 Å². The first-order chi connectivity index (χ1) is 18.2. The van der Waals surface area contributed by atoms with Gasteiger partial charge in [-0.15, -0.1) is 0 Å². The highest BCUT2D eigenvalue weighted by atomic mass is 19.1. The molecule has 0 saturated heterocycles. The topological polar surface area (TPSA) is 64.3 Å². The minimum absolute atomic E-state index is 0.267. The lowest BCUT2D eigenvalue weighted by molar-refractivity contribution is 0.400. The number of nitrogens with one attached hydrogen (secondary N) is 1. The summed E-state index contributed by atoms with van der Waals surface area (Å²) in [4.78, 5) is 14.6. The number of halogens is 1. The molecule has 0 spiro atoms. The molecule has 0 atom stereocenters. The zero-order chi connectivity index (χ0) is 25.2. The van der Waals surface area contributed by atoms with Gasteiger partial charge >= 0.3 is 0 Å².